The van der Waals surface area contributed by atoms with Crippen molar-refractivity contribution in [1.82, 2.24) is 20.6 Å². The molecule has 1 saturated heterocycles. The zero-order chi connectivity index (χ0) is 12.4. The quantitative estimate of drug-likeness (QED) is 0.752. The van der Waals surface area contributed by atoms with E-state index in [1.54, 1.807) is 6.33 Å². The summed E-state index contributed by atoms with van der Waals surface area (Å²) in [6.45, 7) is 1.50. The topological polar surface area (TPSA) is 69.8 Å². The van der Waals surface area contributed by atoms with Crippen molar-refractivity contribution in [3.8, 4) is 0 Å². The van der Waals surface area contributed by atoms with Crippen LogP contribution in [0.5, 0.6) is 0 Å². The molecule has 1 unspecified atom stereocenters. The van der Waals surface area contributed by atoms with Crippen molar-refractivity contribution < 1.29 is 4.79 Å². The lowest BCUT2D eigenvalue weighted by Crippen LogP contribution is -2.39. The summed E-state index contributed by atoms with van der Waals surface area (Å²) in [4.78, 5) is 19.1. The summed E-state index contributed by atoms with van der Waals surface area (Å²) in [6.07, 6.45) is 3.69. The van der Waals surface area contributed by atoms with Gasteiger partial charge in [-0.05, 0) is 37.1 Å². The lowest BCUT2D eigenvalue weighted by molar-refractivity contribution is -0.122. The van der Waals surface area contributed by atoms with Crippen molar-refractivity contribution >= 4 is 16.9 Å². The first-order valence-corrected chi connectivity index (χ1v) is 6.26. The number of amides is 1. The maximum Gasteiger partial charge on any atom is 0.237 e. The van der Waals surface area contributed by atoms with Crippen LogP contribution in [-0.4, -0.2) is 28.5 Å². The number of rotatable bonds is 3. The molecular weight excluding hydrogens is 228 g/mol. The molecule has 5 heteroatoms. The van der Waals surface area contributed by atoms with E-state index in [1.165, 1.54) is 0 Å². The van der Waals surface area contributed by atoms with E-state index in [4.69, 9.17) is 0 Å². The number of fused-ring (bicyclic) bond motifs is 1. The van der Waals surface area contributed by atoms with E-state index in [0.717, 1.165) is 36.0 Å². The van der Waals surface area contributed by atoms with Crippen LogP contribution in [0.3, 0.4) is 0 Å². The van der Waals surface area contributed by atoms with Crippen LogP contribution in [0.1, 0.15) is 18.4 Å². The minimum atomic E-state index is -0.0131. The van der Waals surface area contributed by atoms with Crippen molar-refractivity contribution in [2.24, 2.45) is 0 Å². The zero-order valence-corrected chi connectivity index (χ0v) is 10.1. The lowest BCUT2D eigenvalue weighted by atomic mass is 10.2. The van der Waals surface area contributed by atoms with Gasteiger partial charge in [-0.15, -0.1) is 0 Å². The Hall–Kier alpha value is -1.88. The average Bonchev–Trinajstić information content (AvgIpc) is 3.05. The Labute approximate surface area is 105 Å². The Kier molecular flexibility index (Phi) is 2.98. The Bertz CT molecular complexity index is 557. The van der Waals surface area contributed by atoms with Gasteiger partial charge in [0.1, 0.15) is 0 Å². The van der Waals surface area contributed by atoms with E-state index in [-0.39, 0.29) is 11.9 Å². The predicted octanol–water partition coefficient (Wildman–Crippen LogP) is 0.931. The molecule has 5 nitrogen and oxygen atoms in total. The molecule has 94 valence electrons. The number of carbonyl (C=O) groups is 1. The van der Waals surface area contributed by atoms with Crippen molar-refractivity contribution in [1.29, 1.82) is 0 Å². The highest BCUT2D eigenvalue weighted by atomic mass is 16.2. The van der Waals surface area contributed by atoms with Gasteiger partial charge in [-0.1, -0.05) is 6.07 Å². The molecule has 1 fully saturated rings. The van der Waals surface area contributed by atoms with Crippen LogP contribution >= 0.6 is 0 Å². The summed E-state index contributed by atoms with van der Waals surface area (Å²) >= 11 is 0. The van der Waals surface area contributed by atoms with E-state index in [1.807, 2.05) is 18.2 Å². The third kappa shape index (κ3) is 2.22. The molecule has 0 aliphatic carbocycles. The van der Waals surface area contributed by atoms with Gasteiger partial charge >= 0.3 is 0 Å². The summed E-state index contributed by atoms with van der Waals surface area (Å²) < 4.78 is 0. The number of aromatic nitrogens is 2. The van der Waals surface area contributed by atoms with Gasteiger partial charge in [0.25, 0.3) is 0 Å². The zero-order valence-electron chi connectivity index (χ0n) is 10.1. The van der Waals surface area contributed by atoms with Crippen molar-refractivity contribution in [3.05, 3.63) is 30.1 Å². The Balaban J connectivity index is 1.63. The van der Waals surface area contributed by atoms with Gasteiger partial charge in [0.15, 0.2) is 0 Å². The normalized spacial score (nSPS) is 19.2. The van der Waals surface area contributed by atoms with Crippen molar-refractivity contribution in [2.75, 3.05) is 6.54 Å². The second-order valence-electron chi connectivity index (χ2n) is 4.62. The van der Waals surface area contributed by atoms with E-state index < -0.39 is 0 Å². The minimum Gasteiger partial charge on any atom is -0.351 e. The van der Waals surface area contributed by atoms with Crippen LogP contribution in [0.4, 0.5) is 0 Å². The van der Waals surface area contributed by atoms with Crippen LogP contribution in [-0.2, 0) is 11.3 Å². The SMILES string of the molecule is O=C(NCc1ccc2nc[nH]c2c1)C1CCCN1. The number of aromatic amines is 1. The number of H-pyrrole nitrogens is 1. The number of hydrogen-bond acceptors (Lipinski definition) is 3. The highest BCUT2D eigenvalue weighted by Crippen LogP contribution is 2.11. The summed E-state index contributed by atoms with van der Waals surface area (Å²) in [5.41, 5.74) is 3.03. The molecule has 2 aromatic rings. The van der Waals surface area contributed by atoms with E-state index >= 15 is 0 Å². The molecule has 1 aliphatic heterocycles. The predicted molar refractivity (Wildman–Crippen MR) is 69.0 cm³/mol. The third-order valence-corrected chi connectivity index (χ3v) is 3.33. The second-order valence-corrected chi connectivity index (χ2v) is 4.62. The summed E-state index contributed by atoms with van der Waals surface area (Å²) in [5, 5.41) is 6.15. The van der Waals surface area contributed by atoms with Crippen molar-refractivity contribution in [2.45, 2.75) is 25.4 Å². The monoisotopic (exact) mass is 244 g/mol. The number of imidazole rings is 1. The molecule has 1 aromatic carbocycles. The van der Waals surface area contributed by atoms with Crippen LogP contribution in [0.25, 0.3) is 11.0 Å². The maximum atomic E-state index is 11.8. The molecule has 0 radical (unpaired) electrons. The summed E-state index contributed by atoms with van der Waals surface area (Å²) in [7, 11) is 0. The third-order valence-electron chi connectivity index (χ3n) is 3.33. The van der Waals surface area contributed by atoms with E-state index in [2.05, 4.69) is 20.6 Å². The Morgan fingerprint density at radius 1 is 1.50 bits per heavy atom. The van der Waals surface area contributed by atoms with Crippen LogP contribution in [0, 0.1) is 0 Å². The molecule has 1 atom stereocenters. The van der Waals surface area contributed by atoms with E-state index in [0.29, 0.717) is 6.54 Å². The molecule has 1 aliphatic rings. The van der Waals surface area contributed by atoms with Gasteiger partial charge in [-0.3, -0.25) is 4.79 Å². The molecule has 3 N–H and O–H groups in total. The number of nitrogens with zero attached hydrogens (tertiary/aromatic N) is 1. The first kappa shape index (κ1) is 11.2. The molecule has 2 heterocycles. The fourth-order valence-corrected chi connectivity index (χ4v) is 2.31. The van der Waals surface area contributed by atoms with E-state index in [9.17, 15) is 4.79 Å². The van der Waals surface area contributed by atoms with Gasteiger partial charge in [0.05, 0.1) is 23.4 Å². The number of nitrogens with one attached hydrogen (secondary N) is 3. The molecular formula is C13H16N4O. The van der Waals surface area contributed by atoms with Gasteiger partial charge < -0.3 is 15.6 Å². The van der Waals surface area contributed by atoms with Gasteiger partial charge in [0.2, 0.25) is 5.91 Å². The first-order chi connectivity index (χ1) is 8.83. The minimum absolute atomic E-state index is 0.0131. The molecule has 18 heavy (non-hydrogen) atoms. The molecule has 3 rings (SSSR count). The molecule has 0 bridgehead atoms. The smallest absolute Gasteiger partial charge is 0.237 e. The largest absolute Gasteiger partial charge is 0.351 e. The van der Waals surface area contributed by atoms with Gasteiger partial charge in [-0.2, -0.15) is 0 Å². The first-order valence-electron chi connectivity index (χ1n) is 6.26. The van der Waals surface area contributed by atoms with Crippen molar-refractivity contribution in [3.63, 3.8) is 0 Å². The molecule has 1 amide bonds. The fraction of sp³-hybridized carbons (Fsp3) is 0.385. The second kappa shape index (κ2) is 4.78. The van der Waals surface area contributed by atoms with Gasteiger partial charge in [-0.25, -0.2) is 4.98 Å². The Morgan fingerprint density at radius 3 is 3.28 bits per heavy atom. The average molecular weight is 244 g/mol. The fourth-order valence-electron chi connectivity index (χ4n) is 2.31. The summed E-state index contributed by atoms with van der Waals surface area (Å²) in [5.74, 6) is 0.0946. The standard InChI is InChI=1S/C13H16N4O/c18-13(11-2-1-5-14-11)15-7-9-3-4-10-12(6-9)17-8-16-10/h3-4,6,8,11,14H,1-2,5,7H2,(H,15,18)(H,16,17). The van der Waals surface area contributed by atoms with Crippen LogP contribution in [0.2, 0.25) is 0 Å². The highest BCUT2D eigenvalue weighted by Gasteiger charge is 2.21. The van der Waals surface area contributed by atoms with Gasteiger partial charge in [0, 0.05) is 6.54 Å². The number of benzene rings is 1. The number of carbonyl (C=O) groups excluding carboxylic acids is 1. The maximum absolute atomic E-state index is 11.8. The molecule has 0 spiro atoms. The number of hydrogen-bond donors (Lipinski definition) is 3. The van der Waals surface area contributed by atoms with Crippen LogP contribution < -0.4 is 10.6 Å². The summed E-state index contributed by atoms with van der Waals surface area (Å²) in [6, 6.07) is 5.96. The van der Waals surface area contributed by atoms with Crippen LogP contribution in [0.15, 0.2) is 24.5 Å². The molecule has 1 aromatic heterocycles. The highest BCUT2D eigenvalue weighted by molar-refractivity contribution is 5.82. The molecule has 0 saturated carbocycles. The Morgan fingerprint density at radius 2 is 2.44 bits per heavy atom. The lowest BCUT2D eigenvalue weighted by Gasteiger charge is -2.10.